The van der Waals surface area contributed by atoms with E-state index < -0.39 is 7.60 Å². The lowest BCUT2D eigenvalue weighted by Crippen LogP contribution is -2.28. The van der Waals surface area contributed by atoms with Crippen molar-refractivity contribution in [3.63, 3.8) is 0 Å². The second-order valence-electron chi connectivity index (χ2n) is 5.22. The summed E-state index contributed by atoms with van der Waals surface area (Å²) in [5.41, 5.74) is 0.0513. The Hall–Kier alpha value is -0.640. The summed E-state index contributed by atoms with van der Waals surface area (Å²) in [6, 6.07) is 0. The molecule has 6 heteroatoms. The Morgan fingerprint density at radius 3 is 2.29 bits per heavy atom. The number of rotatable bonds is 9. The van der Waals surface area contributed by atoms with Gasteiger partial charge in [-0.15, -0.1) is 0 Å². The average Bonchev–Trinajstić information content (AvgIpc) is 2.42. The second-order valence-corrected chi connectivity index (χ2v) is 7.17. The fourth-order valence-corrected chi connectivity index (χ4v) is 4.04. The molecule has 1 rings (SSSR count). The van der Waals surface area contributed by atoms with Crippen LogP contribution in [-0.4, -0.2) is 19.2 Å². The number of carbonyl (C=O) groups is 1. The van der Waals surface area contributed by atoms with Crippen LogP contribution < -0.4 is 0 Å². The van der Waals surface area contributed by atoms with Crippen LogP contribution in [0.1, 0.15) is 53.4 Å². The zero-order chi connectivity index (χ0) is 15.9. The van der Waals surface area contributed by atoms with Crippen LogP contribution in [0.15, 0.2) is 11.6 Å². The number of carbonyl (C=O) groups excluding carboxylic acids is 1. The van der Waals surface area contributed by atoms with Crippen molar-refractivity contribution < 1.29 is 23.1 Å². The van der Waals surface area contributed by atoms with Crippen LogP contribution in [0.5, 0.6) is 0 Å². The molecule has 0 saturated carbocycles. The zero-order valence-corrected chi connectivity index (χ0v) is 14.4. The number of hydrogen-bond acceptors (Lipinski definition) is 5. The maximum Gasteiger partial charge on any atom is 0.396 e. The van der Waals surface area contributed by atoms with E-state index >= 15 is 0 Å². The third-order valence-corrected chi connectivity index (χ3v) is 5.51. The van der Waals surface area contributed by atoms with E-state index in [0.717, 1.165) is 25.7 Å². The van der Waals surface area contributed by atoms with Crippen LogP contribution in [-0.2, 0) is 23.1 Å². The molecule has 0 spiro atoms. The molecule has 1 heterocycles. The number of cyclic esters (lactones) is 1. The van der Waals surface area contributed by atoms with Gasteiger partial charge in [-0.25, -0.2) is 0 Å². The van der Waals surface area contributed by atoms with Crippen molar-refractivity contribution in [3.8, 4) is 0 Å². The number of ether oxygens (including phenoxy) is 1. The molecule has 0 aliphatic carbocycles. The minimum atomic E-state index is -3.51. The normalized spacial score (nSPS) is 22.9. The number of hydrogen-bond donors (Lipinski definition) is 0. The fraction of sp³-hybridized carbons (Fsp3) is 0.800. The Labute approximate surface area is 127 Å². The van der Waals surface area contributed by atoms with Crippen molar-refractivity contribution >= 4 is 13.6 Å². The van der Waals surface area contributed by atoms with Crippen LogP contribution in [0, 0.1) is 11.8 Å². The van der Waals surface area contributed by atoms with Gasteiger partial charge >= 0.3 is 13.6 Å². The Bertz CT molecular complexity index is 408. The monoisotopic (exact) mass is 318 g/mol. The molecule has 1 aliphatic rings. The summed E-state index contributed by atoms with van der Waals surface area (Å²) < 4.78 is 28.4. The molecule has 2 atom stereocenters. The van der Waals surface area contributed by atoms with Crippen molar-refractivity contribution in [2.75, 3.05) is 13.2 Å². The van der Waals surface area contributed by atoms with Crippen LogP contribution in [0.3, 0.4) is 0 Å². The van der Waals surface area contributed by atoms with Gasteiger partial charge in [-0.05, 0) is 32.3 Å². The highest BCUT2D eigenvalue weighted by molar-refractivity contribution is 7.58. The minimum absolute atomic E-state index is 0.0210. The van der Waals surface area contributed by atoms with Gasteiger partial charge in [0.2, 0.25) is 5.50 Å². The van der Waals surface area contributed by atoms with Gasteiger partial charge in [0, 0.05) is 0 Å². The zero-order valence-electron chi connectivity index (χ0n) is 13.5. The molecule has 1 aliphatic heterocycles. The van der Waals surface area contributed by atoms with E-state index in [1.807, 2.05) is 6.92 Å². The largest absolute Gasteiger partial charge is 0.418 e. The molecule has 0 saturated heterocycles. The highest BCUT2D eigenvalue weighted by atomic mass is 31.2. The summed E-state index contributed by atoms with van der Waals surface area (Å²) in [6.07, 6.45) is 5.73. The van der Waals surface area contributed by atoms with Crippen molar-refractivity contribution in [2.45, 2.75) is 53.4 Å². The fourth-order valence-electron chi connectivity index (χ4n) is 2.42. The lowest BCUT2D eigenvalue weighted by Gasteiger charge is -2.29. The van der Waals surface area contributed by atoms with E-state index in [4.69, 9.17) is 13.8 Å². The first-order valence-electron chi connectivity index (χ1n) is 7.81. The molecule has 0 aromatic carbocycles. The Balaban J connectivity index is 2.85. The van der Waals surface area contributed by atoms with E-state index in [-0.39, 0.29) is 36.5 Å². The van der Waals surface area contributed by atoms with Gasteiger partial charge in [-0.3, -0.25) is 9.36 Å². The van der Waals surface area contributed by atoms with Gasteiger partial charge in [0.05, 0.1) is 19.1 Å². The molecule has 0 unspecified atom stereocenters. The lowest BCUT2D eigenvalue weighted by atomic mass is 9.88. The van der Waals surface area contributed by atoms with E-state index in [2.05, 4.69) is 6.92 Å². The van der Waals surface area contributed by atoms with Crippen molar-refractivity contribution in [1.82, 2.24) is 0 Å². The van der Waals surface area contributed by atoms with Gasteiger partial charge in [0.25, 0.3) is 0 Å². The first kappa shape index (κ1) is 18.4. The highest BCUT2D eigenvalue weighted by Crippen LogP contribution is 2.58. The Morgan fingerprint density at radius 1 is 1.19 bits per heavy atom. The highest BCUT2D eigenvalue weighted by Gasteiger charge is 2.40. The second kappa shape index (κ2) is 8.72. The minimum Gasteiger partial charge on any atom is -0.418 e. The molecule has 0 aromatic rings. The van der Waals surface area contributed by atoms with E-state index in [1.54, 1.807) is 19.9 Å². The maximum atomic E-state index is 12.6. The molecule has 5 nitrogen and oxygen atoms in total. The number of unbranched alkanes of at least 4 members (excludes halogenated alkanes) is 2. The standard InChI is InChI=1S/C15H27O5P/c1-5-8-9-10-13-12(4)11-14(20-15(13)16)21(17,18-6-2)19-7-3/h11-13H,5-10H2,1-4H3/t12-,13+/m0/s1. The first-order valence-corrected chi connectivity index (χ1v) is 9.35. The molecule has 0 fully saturated rings. The molecule has 0 N–H and O–H groups in total. The van der Waals surface area contributed by atoms with Crippen LogP contribution in [0.25, 0.3) is 0 Å². The smallest absolute Gasteiger partial charge is 0.396 e. The van der Waals surface area contributed by atoms with E-state index in [0.29, 0.717) is 0 Å². The SMILES string of the molecule is CCCCC[C@H]1C(=O)OC(P(=O)(OCC)OCC)=C[C@@H]1C. The van der Waals surface area contributed by atoms with Gasteiger partial charge in [0.1, 0.15) is 0 Å². The summed E-state index contributed by atoms with van der Waals surface area (Å²) in [6.45, 7) is 8.00. The topological polar surface area (TPSA) is 61.8 Å². The van der Waals surface area contributed by atoms with Crippen LogP contribution >= 0.6 is 7.60 Å². The van der Waals surface area contributed by atoms with Crippen molar-refractivity contribution in [2.24, 2.45) is 11.8 Å². The molecule has 122 valence electrons. The van der Waals surface area contributed by atoms with Crippen LogP contribution in [0.4, 0.5) is 0 Å². The molecule has 21 heavy (non-hydrogen) atoms. The number of esters is 1. The lowest BCUT2D eigenvalue weighted by molar-refractivity contribution is -0.146. The number of allylic oxidation sites excluding steroid dienone is 1. The first-order chi connectivity index (χ1) is 9.98. The molecule has 0 aromatic heterocycles. The summed E-state index contributed by atoms with van der Waals surface area (Å²) in [7, 11) is -3.51. The van der Waals surface area contributed by atoms with E-state index in [1.165, 1.54) is 0 Å². The third-order valence-electron chi connectivity index (χ3n) is 3.53. The van der Waals surface area contributed by atoms with Gasteiger partial charge in [0.15, 0.2) is 0 Å². The molecular weight excluding hydrogens is 291 g/mol. The molecular formula is C15H27O5P. The summed E-state index contributed by atoms with van der Waals surface area (Å²) in [4.78, 5) is 12.2. The van der Waals surface area contributed by atoms with Gasteiger partial charge < -0.3 is 13.8 Å². The van der Waals surface area contributed by atoms with Crippen molar-refractivity contribution in [3.05, 3.63) is 11.6 Å². The van der Waals surface area contributed by atoms with Gasteiger partial charge in [-0.2, -0.15) is 0 Å². The summed E-state index contributed by atoms with van der Waals surface area (Å²) >= 11 is 0. The third kappa shape index (κ3) is 4.94. The molecule has 0 bridgehead atoms. The predicted octanol–water partition coefficient (Wildman–Crippen LogP) is 4.48. The van der Waals surface area contributed by atoms with Crippen molar-refractivity contribution in [1.29, 1.82) is 0 Å². The van der Waals surface area contributed by atoms with Gasteiger partial charge in [-0.1, -0.05) is 33.1 Å². The summed E-state index contributed by atoms with van der Waals surface area (Å²) in [5.74, 6) is -0.514. The predicted molar refractivity (Wildman–Crippen MR) is 81.8 cm³/mol. The maximum absolute atomic E-state index is 12.6. The summed E-state index contributed by atoms with van der Waals surface area (Å²) in [5, 5.41) is 0. The average molecular weight is 318 g/mol. The molecule has 0 amide bonds. The van der Waals surface area contributed by atoms with E-state index in [9.17, 15) is 9.36 Å². The van der Waals surface area contributed by atoms with Crippen LogP contribution in [0.2, 0.25) is 0 Å². The quantitative estimate of drug-likeness (QED) is 0.356. The Morgan fingerprint density at radius 2 is 1.81 bits per heavy atom. The Kier molecular flexibility index (Phi) is 7.64. The molecule has 0 radical (unpaired) electrons.